The van der Waals surface area contributed by atoms with Gasteiger partial charge in [-0.05, 0) is 12.8 Å². The number of nitrogens with two attached hydrogens (primary N) is 1. The first-order valence-electron chi connectivity index (χ1n) is 5.33. The molecule has 0 aromatic carbocycles. The second-order valence-corrected chi connectivity index (χ2v) is 4.05. The summed E-state index contributed by atoms with van der Waals surface area (Å²) < 4.78 is 4.91. The van der Waals surface area contributed by atoms with Gasteiger partial charge in [0.15, 0.2) is 5.82 Å². The predicted molar refractivity (Wildman–Crippen MR) is 58.6 cm³/mol. The van der Waals surface area contributed by atoms with Crippen molar-refractivity contribution in [3.8, 4) is 0 Å². The van der Waals surface area contributed by atoms with E-state index in [0.717, 1.165) is 0 Å². The topological polar surface area (TPSA) is 94.0 Å². The lowest BCUT2D eigenvalue weighted by Crippen LogP contribution is -2.44. The van der Waals surface area contributed by atoms with Crippen LogP contribution in [-0.2, 0) is 11.2 Å². The lowest BCUT2D eigenvalue weighted by molar-refractivity contribution is -0.123. The van der Waals surface area contributed by atoms with Gasteiger partial charge in [-0.15, -0.1) is 0 Å². The molecule has 1 heterocycles. The zero-order valence-electron chi connectivity index (χ0n) is 9.86. The first-order chi connectivity index (χ1) is 7.50. The highest BCUT2D eigenvalue weighted by Crippen LogP contribution is 1.99. The standard InChI is InChI=1S/C10H18N4O2/c1-6(2)9(11)10(15)12-5-4-8-13-7(3)14-16-8/h6,9H,4-5,11H2,1-3H3,(H,12,15)/t9-/m1/s1. The smallest absolute Gasteiger partial charge is 0.237 e. The second-order valence-electron chi connectivity index (χ2n) is 4.05. The Hall–Kier alpha value is -1.43. The number of carbonyl (C=O) groups excluding carboxylic acids is 1. The lowest BCUT2D eigenvalue weighted by atomic mass is 10.1. The molecule has 0 radical (unpaired) electrons. The van der Waals surface area contributed by atoms with Crippen molar-refractivity contribution in [1.82, 2.24) is 15.5 Å². The highest BCUT2D eigenvalue weighted by molar-refractivity contribution is 5.81. The van der Waals surface area contributed by atoms with Crippen molar-refractivity contribution in [3.05, 3.63) is 11.7 Å². The summed E-state index contributed by atoms with van der Waals surface area (Å²) in [4.78, 5) is 15.5. The molecule has 1 amide bonds. The number of aromatic nitrogens is 2. The third kappa shape index (κ3) is 3.62. The number of rotatable bonds is 5. The second kappa shape index (κ2) is 5.60. The summed E-state index contributed by atoms with van der Waals surface area (Å²) in [5, 5.41) is 6.38. The van der Waals surface area contributed by atoms with E-state index in [1.54, 1.807) is 6.92 Å². The Labute approximate surface area is 94.6 Å². The summed E-state index contributed by atoms with van der Waals surface area (Å²) in [6.45, 7) is 6.03. The maximum absolute atomic E-state index is 11.5. The minimum Gasteiger partial charge on any atom is -0.354 e. The maximum Gasteiger partial charge on any atom is 0.237 e. The van der Waals surface area contributed by atoms with Gasteiger partial charge in [0.25, 0.3) is 0 Å². The van der Waals surface area contributed by atoms with Crippen LogP contribution in [0, 0.1) is 12.8 Å². The molecule has 6 nitrogen and oxygen atoms in total. The van der Waals surface area contributed by atoms with Gasteiger partial charge in [0.2, 0.25) is 11.8 Å². The molecule has 1 aromatic heterocycles. The van der Waals surface area contributed by atoms with E-state index in [0.29, 0.717) is 24.7 Å². The maximum atomic E-state index is 11.5. The molecule has 0 aliphatic carbocycles. The van der Waals surface area contributed by atoms with Crippen LogP contribution in [-0.4, -0.2) is 28.6 Å². The Bertz CT molecular complexity index is 348. The van der Waals surface area contributed by atoms with Crippen LogP contribution in [0.25, 0.3) is 0 Å². The van der Waals surface area contributed by atoms with Crippen molar-refractivity contribution < 1.29 is 9.32 Å². The van der Waals surface area contributed by atoms with Gasteiger partial charge in [-0.2, -0.15) is 4.98 Å². The Kier molecular flexibility index (Phi) is 4.42. The van der Waals surface area contributed by atoms with Gasteiger partial charge in [-0.1, -0.05) is 19.0 Å². The fourth-order valence-corrected chi connectivity index (χ4v) is 1.15. The first kappa shape index (κ1) is 12.6. The summed E-state index contributed by atoms with van der Waals surface area (Å²) in [5.74, 6) is 1.10. The van der Waals surface area contributed by atoms with Crippen LogP contribution in [0.1, 0.15) is 25.6 Å². The van der Waals surface area contributed by atoms with Crippen molar-refractivity contribution in [2.24, 2.45) is 11.7 Å². The number of carbonyl (C=O) groups is 1. The molecule has 6 heteroatoms. The molecule has 90 valence electrons. The van der Waals surface area contributed by atoms with Crippen LogP contribution in [0.15, 0.2) is 4.52 Å². The Balaban J connectivity index is 2.28. The van der Waals surface area contributed by atoms with E-state index >= 15 is 0 Å². The number of hydrogen-bond acceptors (Lipinski definition) is 5. The molecule has 1 atom stereocenters. The predicted octanol–water partition coefficient (Wildman–Crippen LogP) is 0.0200. The van der Waals surface area contributed by atoms with Crippen molar-refractivity contribution in [3.63, 3.8) is 0 Å². The summed E-state index contributed by atoms with van der Waals surface area (Å²) in [6.07, 6.45) is 0.525. The van der Waals surface area contributed by atoms with Crippen LogP contribution in [0.4, 0.5) is 0 Å². The van der Waals surface area contributed by atoms with Gasteiger partial charge in [0.05, 0.1) is 6.04 Å². The summed E-state index contributed by atoms with van der Waals surface area (Å²) in [6, 6.07) is -0.468. The molecule has 16 heavy (non-hydrogen) atoms. The number of aryl methyl sites for hydroxylation is 1. The fourth-order valence-electron chi connectivity index (χ4n) is 1.15. The van der Waals surface area contributed by atoms with Crippen molar-refractivity contribution in [2.75, 3.05) is 6.54 Å². The summed E-state index contributed by atoms with van der Waals surface area (Å²) in [5.41, 5.74) is 5.68. The van der Waals surface area contributed by atoms with Crippen LogP contribution in [0.3, 0.4) is 0 Å². The first-order valence-corrected chi connectivity index (χ1v) is 5.33. The Morgan fingerprint density at radius 1 is 1.56 bits per heavy atom. The van der Waals surface area contributed by atoms with E-state index in [1.165, 1.54) is 0 Å². The molecular weight excluding hydrogens is 208 g/mol. The molecule has 0 spiro atoms. The minimum atomic E-state index is -0.468. The zero-order chi connectivity index (χ0) is 12.1. The molecule has 0 fully saturated rings. The number of nitrogens with zero attached hydrogens (tertiary/aromatic N) is 2. The van der Waals surface area contributed by atoms with Gasteiger partial charge >= 0.3 is 0 Å². The average molecular weight is 226 g/mol. The van der Waals surface area contributed by atoms with Crippen LogP contribution in [0.2, 0.25) is 0 Å². The molecule has 1 aromatic rings. The molecule has 1 rings (SSSR count). The monoisotopic (exact) mass is 226 g/mol. The molecular formula is C10H18N4O2. The van der Waals surface area contributed by atoms with E-state index < -0.39 is 6.04 Å². The third-order valence-corrected chi connectivity index (χ3v) is 2.23. The van der Waals surface area contributed by atoms with Gasteiger partial charge in [-0.25, -0.2) is 0 Å². The molecule has 0 saturated heterocycles. The fraction of sp³-hybridized carbons (Fsp3) is 0.700. The molecule has 0 unspecified atom stereocenters. The number of nitrogens with one attached hydrogen (secondary N) is 1. The van der Waals surface area contributed by atoms with E-state index in [2.05, 4.69) is 15.5 Å². The van der Waals surface area contributed by atoms with Crippen LogP contribution < -0.4 is 11.1 Å². The normalized spacial score (nSPS) is 12.8. The molecule has 0 saturated carbocycles. The minimum absolute atomic E-state index is 0.130. The molecule has 0 aliphatic heterocycles. The van der Waals surface area contributed by atoms with Crippen molar-refractivity contribution in [1.29, 1.82) is 0 Å². The average Bonchev–Trinajstić information content (AvgIpc) is 2.62. The highest BCUT2D eigenvalue weighted by atomic mass is 16.5. The summed E-state index contributed by atoms with van der Waals surface area (Å²) in [7, 11) is 0. The Morgan fingerprint density at radius 2 is 2.25 bits per heavy atom. The van der Waals surface area contributed by atoms with Gasteiger partial charge < -0.3 is 15.6 Å². The van der Waals surface area contributed by atoms with Crippen molar-refractivity contribution in [2.45, 2.75) is 33.2 Å². The zero-order valence-corrected chi connectivity index (χ0v) is 9.86. The number of hydrogen-bond donors (Lipinski definition) is 2. The number of amides is 1. The summed E-state index contributed by atoms with van der Waals surface area (Å²) >= 11 is 0. The van der Waals surface area contributed by atoms with E-state index in [4.69, 9.17) is 10.3 Å². The quantitative estimate of drug-likeness (QED) is 0.738. The van der Waals surface area contributed by atoms with E-state index in [-0.39, 0.29) is 11.8 Å². The van der Waals surface area contributed by atoms with Gasteiger partial charge in [-0.3, -0.25) is 4.79 Å². The van der Waals surface area contributed by atoms with Crippen LogP contribution in [0.5, 0.6) is 0 Å². The molecule has 3 N–H and O–H groups in total. The lowest BCUT2D eigenvalue weighted by Gasteiger charge is -2.14. The van der Waals surface area contributed by atoms with Gasteiger partial charge in [0.1, 0.15) is 0 Å². The van der Waals surface area contributed by atoms with E-state index in [9.17, 15) is 4.79 Å². The third-order valence-electron chi connectivity index (χ3n) is 2.23. The Morgan fingerprint density at radius 3 is 2.75 bits per heavy atom. The largest absolute Gasteiger partial charge is 0.354 e. The molecule has 0 bridgehead atoms. The highest BCUT2D eigenvalue weighted by Gasteiger charge is 2.16. The molecule has 0 aliphatic rings. The SMILES string of the molecule is Cc1noc(CCNC(=O)[C@H](N)C(C)C)n1. The van der Waals surface area contributed by atoms with Gasteiger partial charge in [0, 0.05) is 13.0 Å². The van der Waals surface area contributed by atoms with E-state index in [1.807, 2.05) is 13.8 Å². The van der Waals surface area contributed by atoms with Crippen molar-refractivity contribution >= 4 is 5.91 Å². The van der Waals surface area contributed by atoms with Crippen LogP contribution >= 0.6 is 0 Å².